The smallest absolute Gasteiger partial charge is 0.0412 e. The molecule has 0 aliphatic carbocycles. The van der Waals surface area contributed by atoms with Crippen molar-refractivity contribution in [3.05, 3.63) is 39.3 Å². The molecule has 1 aromatic rings. The van der Waals surface area contributed by atoms with Crippen LogP contribution in [0.15, 0.2) is 28.7 Å². The Bertz CT molecular complexity index is 310. The fourth-order valence-corrected chi connectivity index (χ4v) is 1.51. The van der Waals surface area contributed by atoms with Crippen LogP contribution in [0, 0.1) is 0 Å². The number of halogens is 2. The van der Waals surface area contributed by atoms with Crippen LogP contribution in [0.3, 0.4) is 0 Å². The molecule has 0 radical (unpaired) electrons. The molecule has 0 atom stereocenters. The predicted molar refractivity (Wildman–Crippen MR) is 61.9 cm³/mol. The van der Waals surface area contributed by atoms with Gasteiger partial charge >= 0.3 is 0 Å². The molecule has 0 amide bonds. The van der Waals surface area contributed by atoms with Gasteiger partial charge < -0.3 is 5.73 Å². The zero-order chi connectivity index (χ0) is 9.68. The Balaban J connectivity index is 2.81. The van der Waals surface area contributed by atoms with Crippen LogP contribution in [-0.2, 0) is 0 Å². The number of nitrogens with two attached hydrogens (primary N) is 1. The first-order chi connectivity index (χ1) is 6.24. The first-order valence-electron chi connectivity index (χ1n) is 4.05. The first kappa shape index (κ1) is 10.8. The summed E-state index contributed by atoms with van der Waals surface area (Å²) in [6, 6.07) is 5.70. The molecule has 0 saturated carbocycles. The van der Waals surface area contributed by atoms with Gasteiger partial charge in [0, 0.05) is 9.50 Å². The van der Waals surface area contributed by atoms with Crippen molar-refractivity contribution in [2.24, 2.45) is 5.73 Å². The number of hydrogen-bond donors (Lipinski definition) is 1. The third-order valence-corrected chi connectivity index (χ3v) is 2.55. The summed E-state index contributed by atoms with van der Waals surface area (Å²) >= 11 is 9.29. The SMILES string of the molecule is NCCC=Cc1cc(Cl)ccc1Br. The lowest BCUT2D eigenvalue weighted by molar-refractivity contribution is 1.01. The van der Waals surface area contributed by atoms with Crippen LogP contribution in [0.4, 0.5) is 0 Å². The van der Waals surface area contributed by atoms with Crippen molar-refractivity contribution in [2.75, 3.05) is 6.54 Å². The average molecular weight is 261 g/mol. The Morgan fingerprint density at radius 1 is 1.46 bits per heavy atom. The van der Waals surface area contributed by atoms with E-state index in [0.717, 1.165) is 21.5 Å². The summed E-state index contributed by atoms with van der Waals surface area (Å²) in [6.45, 7) is 0.675. The normalized spacial score (nSPS) is 11.0. The molecule has 0 heterocycles. The number of benzene rings is 1. The van der Waals surface area contributed by atoms with Crippen LogP contribution in [0.25, 0.3) is 6.08 Å². The van der Waals surface area contributed by atoms with Gasteiger partial charge in [0.2, 0.25) is 0 Å². The second-order valence-corrected chi connectivity index (χ2v) is 3.94. The van der Waals surface area contributed by atoms with E-state index in [4.69, 9.17) is 17.3 Å². The van der Waals surface area contributed by atoms with E-state index >= 15 is 0 Å². The van der Waals surface area contributed by atoms with Crippen LogP contribution in [0.2, 0.25) is 5.02 Å². The molecule has 1 rings (SSSR count). The molecule has 13 heavy (non-hydrogen) atoms. The van der Waals surface area contributed by atoms with Gasteiger partial charge in [-0.15, -0.1) is 0 Å². The zero-order valence-corrected chi connectivity index (χ0v) is 9.48. The molecule has 2 N–H and O–H groups in total. The molecule has 0 aromatic heterocycles. The minimum Gasteiger partial charge on any atom is -0.330 e. The van der Waals surface area contributed by atoms with Crippen molar-refractivity contribution in [1.82, 2.24) is 0 Å². The highest BCUT2D eigenvalue weighted by molar-refractivity contribution is 9.10. The maximum Gasteiger partial charge on any atom is 0.0412 e. The average Bonchev–Trinajstić information content (AvgIpc) is 2.11. The quantitative estimate of drug-likeness (QED) is 0.885. The van der Waals surface area contributed by atoms with E-state index in [-0.39, 0.29) is 0 Å². The van der Waals surface area contributed by atoms with Crippen LogP contribution < -0.4 is 5.73 Å². The van der Waals surface area contributed by atoms with E-state index in [1.807, 2.05) is 30.4 Å². The Hall–Kier alpha value is -0.310. The van der Waals surface area contributed by atoms with Gasteiger partial charge in [-0.2, -0.15) is 0 Å². The lowest BCUT2D eigenvalue weighted by Crippen LogP contribution is -1.94. The van der Waals surface area contributed by atoms with Gasteiger partial charge in [0.15, 0.2) is 0 Å². The van der Waals surface area contributed by atoms with Crippen molar-refractivity contribution in [3.63, 3.8) is 0 Å². The van der Waals surface area contributed by atoms with Crippen LogP contribution in [-0.4, -0.2) is 6.54 Å². The van der Waals surface area contributed by atoms with Gasteiger partial charge in [0.25, 0.3) is 0 Å². The van der Waals surface area contributed by atoms with Gasteiger partial charge in [0.05, 0.1) is 0 Å². The predicted octanol–water partition coefficient (Wildman–Crippen LogP) is 3.46. The van der Waals surface area contributed by atoms with E-state index in [1.165, 1.54) is 0 Å². The van der Waals surface area contributed by atoms with E-state index in [9.17, 15) is 0 Å². The van der Waals surface area contributed by atoms with Crippen molar-refractivity contribution < 1.29 is 0 Å². The van der Waals surface area contributed by atoms with E-state index in [0.29, 0.717) is 6.54 Å². The number of hydrogen-bond acceptors (Lipinski definition) is 1. The third kappa shape index (κ3) is 3.51. The molecule has 0 aliphatic rings. The molecular formula is C10H11BrClN. The molecule has 0 bridgehead atoms. The van der Waals surface area contributed by atoms with Crippen LogP contribution >= 0.6 is 27.5 Å². The second kappa shape index (κ2) is 5.43. The fraction of sp³-hybridized carbons (Fsp3) is 0.200. The summed E-state index contributed by atoms with van der Waals surface area (Å²) < 4.78 is 1.05. The summed E-state index contributed by atoms with van der Waals surface area (Å²) in [7, 11) is 0. The molecule has 0 fully saturated rings. The molecule has 70 valence electrons. The third-order valence-electron chi connectivity index (χ3n) is 1.59. The maximum atomic E-state index is 5.85. The lowest BCUT2D eigenvalue weighted by Gasteiger charge is -1.98. The van der Waals surface area contributed by atoms with E-state index in [2.05, 4.69) is 15.9 Å². The fourth-order valence-electron chi connectivity index (χ4n) is 0.949. The molecule has 3 heteroatoms. The standard InChI is InChI=1S/C10H11BrClN/c11-10-5-4-9(12)7-8(10)3-1-2-6-13/h1,3-5,7H,2,6,13H2. The molecule has 0 saturated heterocycles. The van der Waals surface area contributed by atoms with E-state index < -0.39 is 0 Å². The van der Waals surface area contributed by atoms with Gasteiger partial charge in [-0.05, 0) is 36.7 Å². The first-order valence-corrected chi connectivity index (χ1v) is 5.23. The van der Waals surface area contributed by atoms with Crippen molar-refractivity contribution in [2.45, 2.75) is 6.42 Å². The highest BCUT2D eigenvalue weighted by Gasteiger charge is 1.95. The van der Waals surface area contributed by atoms with Gasteiger partial charge in [-0.3, -0.25) is 0 Å². The maximum absolute atomic E-state index is 5.85. The largest absolute Gasteiger partial charge is 0.330 e. The van der Waals surface area contributed by atoms with Crippen molar-refractivity contribution >= 4 is 33.6 Å². The topological polar surface area (TPSA) is 26.0 Å². The monoisotopic (exact) mass is 259 g/mol. The molecule has 1 nitrogen and oxygen atoms in total. The summed E-state index contributed by atoms with van der Waals surface area (Å²) in [5, 5.41) is 0.746. The van der Waals surface area contributed by atoms with Gasteiger partial charge in [-0.1, -0.05) is 39.7 Å². The summed E-state index contributed by atoms with van der Waals surface area (Å²) in [5.41, 5.74) is 6.46. The Morgan fingerprint density at radius 3 is 2.92 bits per heavy atom. The molecule has 0 unspecified atom stereocenters. The van der Waals surface area contributed by atoms with Crippen LogP contribution in [0.1, 0.15) is 12.0 Å². The molecule has 0 spiro atoms. The minimum atomic E-state index is 0.675. The summed E-state index contributed by atoms with van der Waals surface area (Å²) in [6.07, 6.45) is 4.94. The number of rotatable bonds is 3. The Labute approximate surface area is 91.7 Å². The lowest BCUT2D eigenvalue weighted by atomic mass is 10.2. The summed E-state index contributed by atoms with van der Waals surface area (Å²) in [4.78, 5) is 0. The Kier molecular flexibility index (Phi) is 4.50. The molecule has 1 aromatic carbocycles. The summed E-state index contributed by atoms with van der Waals surface area (Å²) in [5.74, 6) is 0. The van der Waals surface area contributed by atoms with Crippen molar-refractivity contribution in [3.8, 4) is 0 Å². The highest BCUT2D eigenvalue weighted by atomic mass is 79.9. The zero-order valence-electron chi connectivity index (χ0n) is 7.13. The van der Waals surface area contributed by atoms with Gasteiger partial charge in [-0.25, -0.2) is 0 Å². The molecular weight excluding hydrogens is 249 g/mol. The second-order valence-electron chi connectivity index (χ2n) is 2.65. The minimum absolute atomic E-state index is 0.675. The Morgan fingerprint density at radius 2 is 2.23 bits per heavy atom. The van der Waals surface area contributed by atoms with Crippen LogP contribution in [0.5, 0.6) is 0 Å². The molecule has 0 aliphatic heterocycles. The van der Waals surface area contributed by atoms with Gasteiger partial charge in [0.1, 0.15) is 0 Å². The van der Waals surface area contributed by atoms with Crippen molar-refractivity contribution in [1.29, 1.82) is 0 Å². The highest BCUT2D eigenvalue weighted by Crippen LogP contribution is 2.22. The van der Waals surface area contributed by atoms with E-state index in [1.54, 1.807) is 0 Å².